The zero-order valence-corrected chi connectivity index (χ0v) is 10.4. The Hall–Kier alpha value is -1.51. The Morgan fingerprint density at radius 3 is 3.00 bits per heavy atom. The van der Waals surface area contributed by atoms with Crippen LogP contribution in [-0.4, -0.2) is 19.2 Å². The van der Waals surface area contributed by atoms with Crippen LogP contribution in [0.1, 0.15) is 41.3 Å². The van der Waals surface area contributed by atoms with Crippen molar-refractivity contribution in [1.29, 1.82) is 0 Å². The van der Waals surface area contributed by atoms with Crippen LogP contribution in [0.25, 0.3) is 0 Å². The van der Waals surface area contributed by atoms with Gasteiger partial charge in [-0.1, -0.05) is 6.07 Å². The Labute approximate surface area is 102 Å². The van der Waals surface area contributed by atoms with Crippen LogP contribution >= 0.6 is 0 Å². The fourth-order valence-electron chi connectivity index (χ4n) is 2.16. The zero-order valence-electron chi connectivity index (χ0n) is 10.4. The van der Waals surface area contributed by atoms with Crippen LogP contribution in [0.15, 0.2) is 12.1 Å². The highest BCUT2D eigenvalue weighted by molar-refractivity contribution is 5.93. The number of hydrogen-bond donors (Lipinski definition) is 0. The molecule has 17 heavy (non-hydrogen) atoms. The second-order valence-electron chi connectivity index (χ2n) is 4.33. The third-order valence-electron chi connectivity index (χ3n) is 2.89. The Kier molecular flexibility index (Phi) is 3.67. The molecule has 0 spiro atoms. The summed E-state index contributed by atoms with van der Waals surface area (Å²) in [7, 11) is 0. The van der Waals surface area contributed by atoms with E-state index in [1.54, 1.807) is 0 Å². The number of esters is 1. The molecule has 3 nitrogen and oxygen atoms in total. The van der Waals surface area contributed by atoms with E-state index in [0.717, 1.165) is 36.1 Å². The number of carbonyl (C=O) groups excluding carboxylic acids is 1. The van der Waals surface area contributed by atoms with Crippen molar-refractivity contribution in [3.05, 3.63) is 28.8 Å². The summed E-state index contributed by atoms with van der Waals surface area (Å²) in [5.41, 5.74) is 2.78. The summed E-state index contributed by atoms with van der Waals surface area (Å²) < 4.78 is 10.8. The van der Waals surface area contributed by atoms with E-state index >= 15 is 0 Å². The first-order valence-corrected chi connectivity index (χ1v) is 6.16. The third kappa shape index (κ3) is 2.60. The molecule has 0 atom stereocenters. The highest BCUT2D eigenvalue weighted by Crippen LogP contribution is 2.30. The Balaban J connectivity index is 2.43. The van der Waals surface area contributed by atoms with Crippen LogP contribution in [-0.2, 0) is 11.2 Å². The number of benzene rings is 1. The molecule has 0 radical (unpaired) electrons. The first kappa shape index (κ1) is 12.0. The van der Waals surface area contributed by atoms with Gasteiger partial charge in [0.15, 0.2) is 0 Å². The molecule has 1 aliphatic rings. The van der Waals surface area contributed by atoms with E-state index in [1.807, 2.05) is 19.9 Å². The average molecular weight is 234 g/mol. The fourth-order valence-corrected chi connectivity index (χ4v) is 2.16. The molecule has 0 N–H and O–H groups in total. The summed E-state index contributed by atoms with van der Waals surface area (Å²) in [4.78, 5) is 11.9. The molecule has 2 rings (SSSR count). The minimum absolute atomic E-state index is 0.283. The van der Waals surface area contributed by atoms with E-state index in [9.17, 15) is 4.79 Å². The van der Waals surface area contributed by atoms with Crippen molar-refractivity contribution in [3.8, 4) is 5.75 Å². The molecule has 0 unspecified atom stereocenters. The van der Waals surface area contributed by atoms with Crippen molar-refractivity contribution in [3.63, 3.8) is 0 Å². The number of hydrogen-bond acceptors (Lipinski definition) is 3. The van der Waals surface area contributed by atoms with Gasteiger partial charge in [-0.2, -0.15) is 0 Å². The molecule has 0 saturated heterocycles. The maximum Gasteiger partial charge on any atom is 0.341 e. The number of carbonyl (C=O) groups is 1. The maximum absolute atomic E-state index is 11.9. The summed E-state index contributed by atoms with van der Waals surface area (Å²) in [6.45, 7) is 4.88. The number of fused-ring (bicyclic) bond motifs is 1. The number of ether oxygens (including phenoxy) is 2. The molecule has 0 bridgehead atoms. The monoisotopic (exact) mass is 234 g/mol. The van der Waals surface area contributed by atoms with Crippen molar-refractivity contribution < 1.29 is 14.3 Å². The van der Waals surface area contributed by atoms with E-state index in [2.05, 4.69) is 6.07 Å². The average Bonchev–Trinajstić information content (AvgIpc) is 2.53. The van der Waals surface area contributed by atoms with E-state index in [4.69, 9.17) is 9.47 Å². The van der Waals surface area contributed by atoms with Crippen LogP contribution < -0.4 is 4.74 Å². The van der Waals surface area contributed by atoms with Gasteiger partial charge in [0.2, 0.25) is 0 Å². The lowest BCUT2D eigenvalue weighted by molar-refractivity contribution is 0.0521. The van der Waals surface area contributed by atoms with Gasteiger partial charge < -0.3 is 9.47 Å². The molecule has 0 fully saturated rings. The van der Waals surface area contributed by atoms with Gasteiger partial charge in [0, 0.05) is 0 Å². The molecule has 1 aromatic carbocycles. The second-order valence-corrected chi connectivity index (χ2v) is 4.33. The van der Waals surface area contributed by atoms with Crippen LogP contribution in [0.3, 0.4) is 0 Å². The normalized spacial score (nSPS) is 14.5. The largest absolute Gasteiger partial charge is 0.492 e. The van der Waals surface area contributed by atoms with Gasteiger partial charge in [0.1, 0.15) is 11.3 Å². The van der Waals surface area contributed by atoms with Gasteiger partial charge in [-0.3, -0.25) is 0 Å². The minimum atomic E-state index is -0.283. The SMILES string of the molecule is CCOC(=O)c1cc(C)cc2c1OCCCC2. The molecule has 3 heteroatoms. The Morgan fingerprint density at radius 1 is 1.41 bits per heavy atom. The zero-order chi connectivity index (χ0) is 12.3. The van der Waals surface area contributed by atoms with Crippen molar-refractivity contribution in [2.75, 3.05) is 13.2 Å². The molecule has 0 aromatic heterocycles. The van der Waals surface area contributed by atoms with E-state index < -0.39 is 0 Å². The van der Waals surface area contributed by atoms with Crippen LogP contribution in [0.4, 0.5) is 0 Å². The third-order valence-corrected chi connectivity index (χ3v) is 2.89. The first-order valence-electron chi connectivity index (χ1n) is 6.16. The summed E-state index contributed by atoms with van der Waals surface area (Å²) in [6.07, 6.45) is 3.12. The minimum Gasteiger partial charge on any atom is -0.492 e. The fraction of sp³-hybridized carbons (Fsp3) is 0.500. The number of rotatable bonds is 2. The van der Waals surface area contributed by atoms with Gasteiger partial charge in [-0.15, -0.1) is 0 Å². The Bertz CT molecular complexity index is 424. The van der Waals surface area contributed by atoms with Gasteiger partial charge in [0.05, 0.1) is 13.2 Å². The van der Waals surface area contributed by atoms with Crippen LogP contribution in [0.2, 0.25) is 0 Å². The predicted octanol–water partition coefficient (Wildman–Crippen LogP) is 2.89. The smallest absolute Gasteiger partial charge is 0.341 e. The lowest BCUT2D eigenvalue weighted by Crippen LogP contribution is -2.09. The second kappa shape index (κ2) is 5.21. The van der Waals surface area contributed by atoms with Gasteiger partial charge >= 0.3 is 5.97 Å². The summed E-state index contributed by atoms with van der Waals surface area (Å²) in [5, 5.41) is 0. The highest BCUT2D eigenvalue weighted by atomic mass is 16.5. The van der Waals surface area contributed by atoms with Gasteiger partial charge in [-0.05, 0) is 50.3 Å². The molecule has 0 aliphatic carbocycles. The number of aryl methyl sites for hydroxylation is 2. The molecule has 1 heterocycles. The lowest BCUT2D eigenvalue weighted by atomic mass is 10.0. The van der Waals surface area contributed by atoms with Crippen molar-refractivity contribution in [1.82, 2.24) is 0 Å². The van der Waals surface area contributed by atoms with Crippen molar-refractivity contribution in [2.24, 2.45) is 0 Å². The molecule has 1 aromatic rings. The van der Waals surface area contributed by atoms with Gasteiger partial charge in [-0.25, -0.2) is 4.79 Å². The van der Waals surface area contributed by atoms with Crippen molar-refractivity contribution in [2.45, 2.75) is 33.1 Å². The van der Waals surface area contributed by atoms with Crippen LogP contribution in [0, 0.1) is 6.92 Å². The van der Waals surface area contributed by atoms with Gasteiger partial charge in [0.25, 0.3) is 0 Å². The van der Waals surface area contributed by atoms with E-state index in [1.165, 1.54) is 0 Å². The molecule has 0 saturated carbocycles. The Morgan fingerprint density at radius 2 is 2.24 bits per heavy atom. The van der Waals surface area contributed by atoms with E-state index in [-0.39, 0.29) is 5.97 Å². The molecular formula is C14H18O3. The lowest BCUT2D eigenvalue weighted by Gasteiger charge is -2.13. The standard InChI is InChI=1S/C14H18O3/c1-3-16-14(15)12-9-10(2)8-11-6-4-5-7-17-13(11)12/h8-9H,3-7H2,1-2H3. The predicted molar refractivity (Wildman–Crippen MR) is 65.6 cm³/mol. The molecule has 0 amide bonds. The van der Waals surface area contributed by atoms with E-state index in [0.29, 0.717) is 18.8 Å². The summed E-state index contributed by atoms with van der Waals surface area (Å²) in [6, 6.07) is 3.95. The summed E-state index contributed by atoms with van der Waals surface area (Å²) >= 11 is 0. The molecular weight excluding hydrogens is 216 g/mol. The highest BCUT2D eigenvalue weighted by Gasteiger charge is 2.19. The molecule has 92 valence electrons. The molecule has 1 aliphatic heterocycles. The topological polar surface area (TPSA) is 35.5 Å². The first-order chi connectivity index (χ1) is 8.22. The summed E-state index contributed by atoms with van der Waals surface area (Å²) in [5.74, 6) is 0.445. The maximum atomic E-state index is 11.9. The van der Waals surface area contributed by atoms with Crippen LogP contribution in [0.5, 0.6) is 5.75 Å². The van der Waals surface area contributed by atoms with Crippen molar-refractivity contribution >= 4 is 5.97 Å². The quantitative estimate of drug-likeness (QED) is 0.738.